The lowest BCUT2D eigenvalue weighted by Crippen LogP contribution is -2.32. The molecule has 1 N–H and O–H groups in total. The molecule has 1 unspecified atom stereocenters. The third-order valence-corrected chi connectivity index (χ3v) is 3.92. The van der Waals surface area contributed by atoms with Crippen molar-refractivity contribution in [3.8, 4) is 11.5 Å². The lowest BCUT2D eigenvalue weighted by atomic mass is 10.1. The van der Waals surface area contributed by atoms with Gasteiger partial charge < -0.3 is 9.73 Å². The molecule has 0 bridgehead atoms. The van der Waals surface area contributed by atoms with Crippen molar-refractivity contribution in [1.82, 2.24) is 15.2 Å². The molecule has 1 aromatic heterocycles. The first-order chi connectivity index (χ1) is 9.72. The van der Waals surface area contributed by atoms with Crippen LogP contribution in [0.2, 0.25) is 0 Å². The average Bonchev–Trinajstić information content (AvgIpc) is 3.10. The largest absolute Gasteiger partial charge is 0.444 e. The lowest BCUT2D eigenvalue weighted by Gasteiger charge is -2.21. The first-order valence-corrected chi connectivity index (χ1v) is 7.15. The molecule has 21 heavy (non-hydrogen) atoms. The second kappa shape index (κ2) is 7.07. The molecule has 2 heterocycles. The zero-order valence-electron chi connectivity index (χ0n) is 12.5. The first-order valence-electron chi connectivity index (χ1n) is 7.15. The van der Waals surface area contributed by atoms with Crippen molar-refractivity contribution >= 4 is 12.4 Å². The summed E-state index contributed by atoms with van der Waals surface area (Å²) in [5.41, 5.74) is 3.27. The highest BCUT2D eigenvalue weighted by molar-refractivity contribution is 5.85. The second-order valence-electron chi connectivity index (χ2n) is 5.57. The zero-order chi connectivity index (χ0) is 13.9. The van der Waals surface area contributed by atoms with Gasteiger partial charge in [-0.1, -0.05) is 17.7 Å². The Balaban J connectivity index is 0.00000161. The molecule has 1 saturated heterocycles. The van der Waals surface area contributed by atoms with Gasteiger partial charge in [0.25, 0.3) is 0 Å². The van der Waals surface area contributed by atoms with E-state index in [0.29, 0.717) is 11.9 Å². The van der Waals surface area contributed by atoms with E-state index in [2.05, 4.69) is 53.4 Å². The number of nitrogens with one attached hydrogen (secondary N) is 1. The van der Waals surface area contributed by atoms with Crippen LogP contribution >= 0.6 is 12.4 Å². The van der Waals surface area contributed by atoms with Crippen LogP contribution in [-0.4, -0.2) is 36.1 Å². The first kappa shape index (κ1) is 16.0. The quantitative estimate of drug-likeness (QED) is 0.943. The van der Waals surface area contributed by atoms with Crippen LogP contribution < -0.4 is 5.32 Å². The smallest absolute Gasteiger partial charge is 0.226 e. The van der Waals surface area contributed by atoms with Crippen molar-refractivity contribution in [2.24, 2.45) is 0 Å². The van der Waals surface area contributed by atoms with Gasteiger partial charge in [0.2, 0.25) is 5.89 Å². The Bertz CT molecular complexity index is 561. The minimum Gasteiger partial charge on any atom is -0.444 e. The molecular weight excluding hydrogens is 286 g/mol. The van der Waals surface area contributed by atoms with Gasteiger partial charge in [0.15, 0.2) is 0 Å². The predicted octanol–water partition coefficient (Wildman–Crippen LogP) is 2.87. The number of aromatic nitrogens is 1. The molecule has 0 radical (unpaired) electrons. The van der Waals surface area contributed by atoms with E-state index in [0.717, 1.165) is 30.9 Å². The van der Waals surface area contributed by atoms with Crippen LogP contribution in [-0.2, 0) is 6.54 Å². The molecule has 5 heteroatoms. The van der Waals surface area contributed by atoms with E-state index in [1.54, 1.807) is 6.26 Å². The number of hydrogen-bond donors (Lipinski definition) is 1. The normalized spacial score (nSPS) is 18.0. The Morgan fingerprint density at radius 1 is 1.33 bits per heavy atom. The molecule has 1 fully saturated rings. The minimum absolute atomic E-state index is 0. The van der Waals surface area contributed by atoms with Gasteiger partial charge >= 0.3 is 0 Å². The van der Waals surface area contributed by atoms with Crippen molar-refractivity contribution in [1.29, 1.82) is 0 Å². The summed E-state index contributed by atoms with van der Waals surface area (Å²) < 4.78 is 5.60. The van der Waals surface area contributed by atoms with E-state index < -0.39 is 0 Å². The summed E-state index contributed by atoms with van der Waals surface area (Å²) in [6.07, 6.45) is 2.98. The number of hydrogen-bond acceptors (Lipinski definition) is 4. The molecule has 114 valence electrons. The number of halogens is 1. The molecule has 1 aliphatic heterocycles. The Hall–Kier alpha value is -1.36. The molecule has 2 aromatic rings. The summed E-state index contributed by atoms with van der Waals surface area (Å²) in [4.78, 5) is 6.94. The van der Waals surface area contributed by atoms with Gasteiger partial charge in [-0.15, -0.1) is 12.4 Å². The molecular formula is C16H22ClN3O. The maximum Gasteiger partial charge on any atom is 0.226 e. The maximum absolute atomic E-state index is 5.60. The van der Waals surface area contributed by atoms with Gasteiger partial charge in [-0.2, -0.15) is 0 Å². The molecule has 3 rings (SSSR count). The SMILES string of the molecule is Cc1ccc(-c2nc(CN(C)C3CCNC3)co2)cc1.Cl. The Morgan fingerprint density at radius 2 is 2.10 bits per heavy atom. The van der Waals surface area contributed by atoms with E-state index >= 15 is 0 Å². The summed E-state index contributed by atoms with van der Waals surface area (Å²) in [6, 6.07) is 8.87. The Labute approximate surface area is 132 Å². The van der Waals surface area contributed by atoms with Crippen molar-refractivity contribution in [3.05, 3.63) is 41.8 Å². The number of oxazole rings is 1. The van der Waals surface area contributed by atoms with Gasteiger partial charge in [0, 0.05) is 24.7 Å². The van der Waals surface area contributed by atoms with Crippen LogP contribution in [0.25, 0.3) is 11.5 Å². The van der Waals surface area contributed by atoms with E-state index in [4.69, 9.17) is 4.42 Å². The monoisotopic (exact) mass is 307 g/mol. The standard InChI is InChI=1S/C16H21N3O.ClH/c1-12-3-5-13(6-4-12)16-18-14(11-20-16)10-19(2)15-7-8-17-9-15;/h3-6,11,15,17H,7-10H2,1-2H3;1H. The fourth-order valence-electron chi connectivity index (χ4n) is 2.61. The molecule has 0 aliphatic carbocycles. The second-order valence-corrected chi connectivity index (χ2v) is 5.57. The molecule has 1 aromatic carbocycles. The molecule has 0 saturated carbocycles. The van der Waals surface area contributed by atoms with E-state index in [9.17, 15) is 0 Å². The highest BCUT2D eigenvalue weighted by Crippen LogP contribution is 2.20. The lowest BCUT2D eigenvalue weighted by molar-refractivity contribution is 0.246. The molecule has 4 nitrogen and oxygen atoms in total. The Kier molecular flexibility index (Phi) is 5.39. The highest BCUT2D eigenvalue weighted by atomic mass is 35.5. The van der Waals surface area contributed by atoms with Crippen molar-refractivity contribution in [2.45, 2.75) is 25.9 Å². The van der Waals surface area contributed by atoms with Gasteiger partial charge in [-0.3, -0.25) is 4.90 Å². The number of nitrogens with zero attached hydrogens (tertiary/aromatic N) is 2. The summed E-state index contributed by atoms with van der Waals surface area (Å²) in [7, 11) is 2.15. The number of likely N-dealkylation sites (N-methyl/N-ethyl adjacent to an activating group) is 1. The zero-order valence-corrected chi connectivity index (χ0v) is 13.3. The van der Waals surface area contributed by atoms with Gasteiger partial charge in [-0.05, 0) is 39.1 Å². The number of benzene rings is 1. The van der Waals surface area contributed by atoms with Crippen LogP contribution in [0.4, 0.5) is 0 Å². The van der Waals surface area contributed by atoms with Gasteiger partial charge in [0.05, 0.1) is 5.69 Å². The highest BCUT2D eigenvalue weighted by Gasteiger charge is 2.20. The summed E-state index contributed by atoms with van der Waals surface area (Å²) in [5, 5.41) is 3.39. The average molecular weight is 308 g/mol. The minimum atomic E-state index is 0. The van der Waals surface area contributed by atoms with Crippen LogP contribution in [0.15, 0.2) is 34.9 Å². The van der Waals surface area contributed by atoms with Crippen molar-refractivity contribution < 1.29 is 4.42 Å². The van der Waals surface area contributed by atoms with Crippen molar-refractivity contribution in [2.75, 3.05) is 20.1 Å². The van der Waals surface area contributed by atoms with Crippen LogP contribution in [0.5, 0.6) is 0 Å². The fraction of sp³-hybridized carbons (Fsp3) is 0.438. The predicted molar refractivity (Wildman–Crippen MR) is 86.7 cm³/mol. The van der Waals surface area contributed by atoms with Crippen molar-refractivity contribution in [3.63, 3.8) is 0 Å². The van der Waals surface area contributed by atoms with Gasteiger partial charge in [0.1, 0.15) is 6.26 Å². The third-order valence-electron chi connectivity index (χ3n) is 3.92. The fourth-order valence-corrected chi connectivity index (χ4v) is 2.61. The molecule has 1 atom stereocenters. The van der Waals surface area contributed by atoms with E-state index in [-0.39, 0.29) is 12.4 Å². The topological polar surface area (TPSA) is 41.3 Å². The summed E-state index contributed by atoms with van der Waals surface area (Å²) >= 11 is 0. The number of rotatable bonds is 4. The third kappa shape index (κ3) is 3.84. The van der Waals surface area contributed by atoms with Gasteiger partial charge in [-0.25, -0.2) is 4.98 Å². The molecule has 0 spiro atoms. The van der Waals surface area contributed by atoms with Crippen LogP contribution in [0.3, 0.4) is 0 Å². The number of aryl methyl sites for hydroxylation is 1. The molecule has 0 amide bonds. The molecule has 1 aliphatic rings. The summed E-state index contributed by atoms with van der Waals surface area (Å²) in [6.45, 7) is 5.10. The van der Waals surface area contributed by atoms with Crippen LogP contribution in [0, 0.1) is 6.92 Å². The van der Waals surface area contributed by atoms with Crippen LogP contribution in [0.1, 0.15) is 17.7 Å². The maximum atomic E-state index is 5.60. The van der Waals surface area contributed by atoms with E-state index in [1.165, 1.54) is 12.0 Å². The Morgan fingerprint density at radius 3 is 2.76 bits per heavy atom. The summed E-state index contributed by atoms with van der Waals surface area (Å²) in [5.74, 6) is 0.706. The van der Waals surface area contributed by atoms with E-state index in [1.807, 2.05) is 0 Å².